The molecule has 1 aromatic rings. The van der Waals surface area contributed by atoms with Crippen molar-refractivity contribution in [3.63, 3.8) is 0 Å². The van der Waals surface area contributed by atoms with Crippen LogP contribution in [-0.4, -0.2) is 22.8 Å². The first-order valence-corrected chi connectivity index (χ1v) is 6.08. The van der Waals surface area contributed by atoms with Gasteiger partial charge < -0.3 is 9.84 Å². The maximum Gasteiger partial charge on any atom is 0.107 e. The number of aliphatic hydroxyl groups is 1. The van der Waals surface area contributed by atoms with Gasteiger partial charge in [-0.3, -0.25) is 4.98 Å². The minimum absolute atomic E-state index is 0.113. The molecule has 0 aromatic carbocycles. The van der Waals surface area contributed by atoms with Gasteiger partial charge in [-0.25, -0.2) is 0 Å². The highest BCUT2D eigenvalue weighted by Gasteiger charge is 2.33. The van der Waals surface area contributed by atoms with E-state index < -0.39 is 6.10 Å². The second kappa shape index (κ2) is 5.61. The van der Waals surface area contributed by atoms with Gasteiger partial charge in [0.2, 0.25) is 0 Å². The predicted molar refractivity (Wildman–Crippen MR) is 68.8 cm³/mol. The minimum atomic E-state index is -0.636. The molecule has 1 heterocycles. The fraction of sp³-hybridized carbons (Fsp3) is 0.643. The molecule has 3 nitrogen and oxygen atoms in total. The molecule has 0 aliphatic carbocycles. The number of ether oxygens (including phenoxy) is 1. The molecule has 0 spiro atoms. The third-order valence-electron chi connectivity index (χ3n) is 2.88. The van der Waals surface area contributed by atoms with Crippen LogP contribution >= 0.6 is 0 Å². The maximum absolute atomic E-state index is 10.5. The Bertz CT molecular complexity index is 357. The fourth-order valence-corrected chi connectivity index (χ4v) is 1.94. The summed E-state index contributed by atoms with van der Waals surface area (Å²) in [4.78, 5) is 4.08. The first kappa shape index (κ1) is 14.1. The molecule has 0 fully saturated rings. The van der Waals surface area contributed by atoms with Crippen LogP contribution in [0.25, 0.3) is 0 Å². The van der Waals surface area contributed by atoms with Gasteiger partial charge in [0.15, 0.2) is 0 Å². The molecule has 0 radical (unpaired) electrons. The summed E-state index contributed by atoms with van der Waals surface area (Å²) < 4.78 is 5.70. The van der Waals surface area contributed by atoms with E-state index >= 15 is 0 Å². The highest BCUT2D eigenvalue weighted by Crippen LogP contribution is 2.33. The van der Waals surface area contributed by atoms with Crippen LogP contribution in [0.15, 0.2) is 18.5 Å². The summed E-state index contributed by atoms with van der Waals surface area (Å²) in [7, 11) is 0. The normalized spacial score (nSPS) is 15.6. The van der Waals surface area contributed by atoms with Gasteiger partial charge in [0, 0.05) is 24.6 Å². The van der Waals surface area contributed by atoms with Crippen molar-refractivity contribution in [1.29, 1.82) is 0 Å². The second-order valence-electron chi connectivity index (χ2n) is 5.42. The van der Waals surface area contributed by atoms with E-state index in [9.17, 15) is 5.11 Å². The number of pyridine rings is 1. The Morgan fingerprint density at radius 1 is 1.41 bits per heavy atom. The molecule has 0 bridgehead atoms. The molecule has 1 rings (SSSR count). The fourth-order valence-electron chi connectivity index (χ4n) is 1.94. The first-order chi connectivity index (χ1) is 7.88. The zero-order valence-corrected chi connectivity index (χ0v) is 11.4. The summed E-state index contributed by atoms with van der Waals surface area (Å²) in [5.74, 6) is 0. The summed E-state index contributed by atoms with van der Waals surface area (Å²) >= 11 is 0. The molecule has 0 aliphatic heterocycles. The van der Waals surface area contributed by atoms with Crippen molar-refractivity contribution < 1.29 is 9.84 Å². The van der Waals surface area contributed by atoms with Crippen molar-refractivity contribution in [2.24, 2.45) is 5.41 Å². The zero-order chi connectivity index (χ0) is 13.1. The lowest BCUT2D eigenvalue weighted by Gasteiger charge is -2.34. The standard InChI is InChI=1S/C14H23NO2/c1-6-17-13(14(3,4)5)12(16)11-9-15-8-7-10(11)2/h7-9,12-13,16H,6H2,1-5H3. The molecule has 0 aliphatic rings. The molecular formula is C14H23NO2. The van der Waals surface area contributed by atoms with Crippen LogP contribution in [0.3, 0.4) is 0 Å². The van der Waals surface area contributed by atoms with E-state index in [0.717, 1.165) is 11.1 Å². The van der Waals surface area contributed by atoms with Gasteiger partial charge >= 0.3 is 0 Å². The van der Waals surface area contributed by atoms with Gasteiger partial charge in [0.05, 0.1) is 6.10 Å². The molecule has 0 amide bonds. The zero-order valence-electron chi connectivity index (χ0n) is 11.4. The van der Waals surface area contributed by atoms with Crippen molar-refractivity contribution in [3.05, 3.63) is 29.6 Å². The SMILES string of the molecule is CCOC(C(O)c1cnccc1C)C(C)(C)C. The van der Waals surface area contributed by atoms with E-state index in [1.807, 2.05) is 19.9 Å². The van der Waals surface area contributed by atoms with Crippen molar-refractivity contribution in [1.82, 2.24) is 4.98 Å². The van der Waals surface area contributed by atoms with Crippen LogP contribution < -0.4 is 0 Å². The molecule has 0 saturated carbocycles. The summed E-state index contributed by atoms with van der Waals surface area (Å²) in [6.07, 6.45) is 2.59. The van der Waals surface area contributed by atoms with Gasteiger partial charge in [0.25, 0.3) is 0 Å². The lowest BCUT2D eigenvalue weighted by Crippen LogP contribution is -2.35. The van der Waals surface area contributed by atoms with E-state index in [2.05, 4.69) is 25.8 Å². The third kappa shape index (κ3) is 3.51. The molecule has 1 aromatic heterocycles. The summed E-state index contributed by atoms with van der Waals surface area (Å²) in [6, 6.07) is 1.91. The van der Waals surface area contributed by atoms with Crippen LogP contribution in [-0.2, 0) is 4.74 Å². The molecule has 96 valence electrons. The number of rotatable bonds is 4. The van der Waals surface area contributed by atoms with Crippen molar-refractivity contribution in [2.45, 2.75) is 46.8 Å². The van der Waals surface area contributed by atoms with Crippen LogP contribution in [0.4, 0.5) is 0 Å². The van der Waals surface area contributed by atoms with E-state index in [4.69, 9.17) is 4.74 Å². The van der Waals surface area contributed by atoms with Gasteiger partial charge in [-0.15, -0.1) is 0 Å². The highest BCUT2D eigenvalue weighted by molar-refractivity contribution is 5.25. The Morgan fingerprint density at radius 3 is 2.53 bits per heavy atom. The first-order valence-electron chi connectivity index (χ1n) is 6.08. The van der Waals surface area contributed by atoms with Gasteiger partial charge in [-0.05, 0) is 30.9 Å². The Hall–Kier alpha value is -0.930. The molecule has 3 heteroatoms. The third-order valence-corrected chi connectivity index (χ3v) is 2.88. The van der Waals surface area contributed by atoms with E-state index in [-0.39, 0.29) is 11.5 Å². The van der Waals surface area contributed by atoms with Crippen LogP contribution in [0.5, 0.6) is 0 Å². The summed E-state index contributed by atoms with van der Waals surface area (Å²) in [5.41, 5.74) is 1.78. The summed E-state index contributed by atoms with van der Waals surface area (Å²) in [6.45, 7) is 10.7. The molecule has 1 N–H and O–H groups in total. The predicted octanol–water partition coefficient (Wildman–Crippen LogP) is 2.87. The molecule has 2 atom stereocenters. The maximum atomic E-state index is 10.5. The molecular weight excluding hydrogens is 214 g/mol. The number of aliphatic hydroxyl groups excluding tert-OH is 1. The Morgan fingerprint density at radius 2 is 2.06 bits per heavy atom. The number of hydrogen-bond acceptors (Lipinski definition) is 3. The largest absolute Gasteiger partial charge is 0.386 e. The monoisotopic (exact) mass is 237 g/mol. The second-order valence-corrected chi connectivity index (χ2v) is 5.42. The molecule has 2 unspecified atom stereocenters. The lowest BCUT2D eigenvalue weighted by atomic mass is 9.83. The average molecular weight is 237 g/mol. The van der Waals surface area contributed by atoms with Crippen LogP contribution in [0, 0.1) is 12.3 Å². The lowest BCUT2D eigenvalue weighted by molar-refractivity contribution is -0.0901. The smallest absolute Gasteiger partial charge is 0.107 e. The van der Waals surface area contributed by atoms with Gasteiger partial charge in [-0.2, -0.15) is 0 Å². The topological polar surface area (TPSA) is 42.4 Å². The van der Waals surface area contributed by atoms with Gasteiger partial charge in [0.1, 0.15) is 6.10 Å². The van der Waals surface area contributed by atoms with Crippen LogP contribution in [0.2, 0.25) is 0 Å². The van der Waals surface area contributed by atoms with E-state index in [1.165, 1.54) is 0 Å². The number of aryl methyl sites for hydroxylation is 1. The van der Waals surface area contributed by atoms with E-state index in [0.29, 0.717) is 6.61 Å². The molecule has 0 saturated heterocycles. The quantitative estimate of drug-likeness (QED) is 0.875. The Balaban J connectivity index is 3.00. The number of nitrogens with zero attached hydrogens (tertiary/aromatic N) is 1. The summed E-state index contributed by atoms with van der Waals surface area (Å²) in [5, 5.41) is 10.5. The average Bonchev–Trinajstić information content (AvgIpc) is 2.24. The number of aromatic nitrogens is 1. The van der Waals surface area contributed by atoms with E-state index in [1.54, 1.807) is 12.4 Å². The van der Waals surface area contributed by atoms with Crippen molar-refractivity contribution in [3.8, 4) is 0 Å². The Labute approximate surface area is 104 Å². The minimum Gasteiger partial charge on any atom is -0.386 e. The highest BCUT2D eigenvalue weighted by atomic mass is 16.5. The van der Waals surface area contributed by atoms with Gasteiger partial charge in [-0.1, -0.05) is 20.8 Å². The van der Waals surface area contributed by atoms with Crippen molar-refractivity contribution in [2.75, 3.05) is 6.61 Å². The van der Waals surface area contributed by atoms with Crippen molar-refractivity contribution >= 4 is 0 Å². The van der Waals surface area contributed by atoms with Crippen LogP contribution in [0.1, 0.15) is 44.9 Å². The Kier molecular flexibility index (Phi) is 4.66. The molecule has 17 heavy (non-hydrogen) atoms. The number of hydrogen-bond donors (Lipinski definition) is 1.